The average molecular weight is 162 g/mol. The summed E-state index contributed by atoms with van der Waals surface area (Å²) in [6.45, 7) is 2.84. The van der Waals surface area contributed by atoms with Crippen LogP contribution in [-0.4, -0.2) is 35.1 Å². The van der Waals surface area contributed by atoms with E-state index in [1.165, 1.54) is 13.8 Å². The van der Waals surface area contributed by atoms with E-state index in [1.54, 1.807) is 0 Å². The van der Waals surface area contributed by atoms with Gasteiger partial charge >= 0.3 is 0 Å². The Kier molecular flexibility index (Phi) is 4.02. The molecule has 0 fully saturated rings. The van der Waals surface area contributed by atoms with Gasteiger partial charge in [-0.2, -0.15) is 0 Å². The van der Waals surface area contributed by atoms with Crippen molar-refractivity contribution in [2.45, 2.75) is 19.7 Å². The minimum atomic E-state index is -1.44. The Hall–Kier alpha value is -0.650. The molecule has 0 aliphatic heterocycles. The molecule has 5 heteroatoms. The van der Waals surface area contributed by atoms with E-state index in [9.17, 15) is 9.90 Å². The molecule has 0 aliphatic rings. The Bertz CT molecular complexity index is 136. The molecule has 4 N–H and O–H groups in total. The summed E-state index contributed by atoms with van der Waals surface area (Å²) in [7, 11) is 0. The van der Waals surface area contributed by atoms with E-state index >= 15 is 0 Å². The second-order valence-electron chi connectivity index (χ2n) is 2.40. The first-order valence-corrected chi connectivity index (χ1v) is 3.35. The van der Waals surface area contributed by atoms with Crippen LogP contribution in [0.25, 0.3) is 0 Å². The zero-order valence-corrected chi connectivity index (χ0v) is 6.72. The summed E-state index contributed by atoms with van der Waals surface area (Å²) in [5, 5.41) is 22.4. The smallest absolute Gasteiger partial charge is 0.220 e. The minimum absolute atomic E-state index is 0.0876. The molecule has 0 spiro atoms. The summed E-state index contributed by atoms with van der Waals surface area (Å²) in [5.74, 6) is -1.77. The molecule has 1 amide bonds. The summed E-state index contributed by atoms with van der Waals surface area (Å²) in [4.78, 5) is 10.4. The number of carbonyl (C=O) groups excluding carboxylic acids is 1. The molecule has 0 aromatic heterocycles. The van der Waals surface area contributed by atoms with Crippen molar-refractivity contribution >= 4 is 5.91 Å². The zero-order valence-electron chi connectivity index (χ0n) is 6.72. The van der Waals surface area contributed by atoms with E-state index in [2.05, 4.69) is 10.6 Å². The van der Waals surface area contributed by atoms with Crippen LogP contribution >= 0.6 is 0 Å². The van der Waals surface area contributed by atoms with Gasteiger partial charge in [0, 0.05) is 13.5 Å². The first-order valence-electron chi connectivity index (χ1n) is 3.35. The SMILES string of the molecule is CC(=O)NC(C)(O)NCCO. The maximum atomic E-state index is 10.4. The van der Waals surface area contributed by atoms with Gasteiger partial charge < -0.3 is 15.5 Å². The van der Waals surface area contributed by atoms with Gasteiger partial charge in [0.05, 0.1) is 6.61 Å². The molecule has 5 nitrogen and oxygen atoms in total. The van der Waals surface area contributed by atoms with E-state index in [4.69, 9.17) is 5.11 Å². The first kappa shape index (κ1) is 10.3. The van der Waals surface area contributed by atoms with Gasteiger partial charge in [-0.25, -0.2) is 0 Å². The van der Waals surface area contributed by atoms with Crippen LogP contribution in [0, 0.1) is 0 Å². The molecule has 66 valence electrons. The van der Waals surface area contributed by atoms with Crippen LogP contribution in [0.2, 0.25) is 0 Å². The third-order valence-corrected chi connectivity index (χ3v) is 1.00. The number of hydrogen-bond acceptors (Lipinski definition) is 4. The number of amides is 1. The summed E-state index contributed by atoms with van der Waals surface area (Å²) < 4.78 is 0. The molecule has 0 aliphatic carbocycles. The molecule has 0 bridgehead atoms. The Balaban J connectivity index is 3.70. The summed E-state index contributed by atoms with van der Waals surface area (Å²) >= 11 is 0. The summed E-state index contributed by atoms with van der Waals surface area (Å²) in [5.41, 5.74) is 0. The van der Waals surface area contributed by atoms with E-state index in [-0.39, 0.29) is 19.1 Å². The summed E-state index contributed by atoms with van der Waals surface area (Å²) in [6, 6.07) is 0. The highest BCUT2D eigenvalue weighted by Crippen LogP contribution is 1.89. The van der Waals surface area contributed by atoms with Gasteiger partial charge in [0.2, 0.25) is 5.91 Å². The molecule has 0 rings (SSSR count). The van der Waals surface area contributed by atoms with Crippen molar-refractivity contribution in [2.75, 3.05) is 13.2 Å². The second-order valence-corrected chi connectivity index (χ2v) is 2.40. The van der Waals surface area contributed by atoms with Gasteiger partial charge in [-0.3, -0.25) is 10.1 Å². The van der Waals surface area contributed by atoms with Crippen LogP contribution in [0.3, 0.4) is 0 Å². The number of aliphatic hydroxyl groups is 2. The second kappa shape index (κ2) is 4.27. The lowest BCUT2D eigenvalue weighted by molar-refractivity contribution is -0.127. The monoisotopic (exact) mass is 162 g/mol. The van der Waals surface area contributed by atoms with Crippen LogP contribution in [0.5, 0.6) is 0 Å². The predicted octanol–water partition coefficient (Wildman–Crippen LogP) is -1.63. The van der Waals surface area contributed by atoms with Crippen molar-refractivity contribution in [3.8, 4) is 0 Å². The minimum Gasteiger partial charge on any atom is -0.395 e. The van der Waals surface area contributed by atoms with E-state index in [0.717, 1.165) is 0 Å². The van der Waals surface area contributed by atoms with Gasteiger partial charge in [-0.15, -0.1) is 0 Å². The fraction of sp³-hybridized carbons (Fsp3) is 0.833. The molecule has 1 atom stereocenters. The standard InChI is InChI=1S/C6H14N2O3/c1-5(10)8-6(2,11)7-3-4-9/h7,9,11H,3-4H2,1-2H3,(H,8,10). The topological polar surface area (TPSA) is 81.6 Å². The third kappa shape index (κ3) is 5.78. The molecular weight excluding hydrogens is 148 g/mol. The number of rotatable bonds is 4. The largest absolute Gasteiger partial charge is 0.395 e. The van der Waals surface area contributed by atoms with Crippen LogP contribution in [0.4, 0.5) is 0 Å². The van der Waals surface area contributed by atoms with Gasteiger partial charge in [0.25, 0.3) is 0 Å². The lowest BCUT2D eigenvalue weighted by Gasteiger charge is -2.24. The quantitative estimate of drug-likeness (QED) is 0.374. The van der Waals surface area contributed by atoms with Crippen LogP contribution in [-0.2, 0) is 4.79 Å². The van der Waals surface area contributed by atoms with Gasteiger partial charge in [0.15, 0.2) is 5.85 Å². The first-order chi connectivity index (χ1) is 4.98. The number of aliphatic hydroxyl groups excluding tert-OH is 1. The van der Waals surface area contributed by atoms with Crippen molar-refractivity contribution in [1.29, 1.82) is 0 Å². The van der Waals surface area contributed by atoms with Crippen molar-refractivity contribution in [1.82, 2.24) is 10.6 Å². The molecule has 0 saturated carbocycles. The lowest BCUT2D eigenvalue weighted by atomic mass is 10.4. The Morgan fingerprint density at radius 2 is 2.18 bits per heavy atom. The Labute approximate surface area is 65.4 Å². The fourth-order valence-corrected chi connectivity index (χ4v) is 0.686. The maximum absolute atomic E-state index is 10.4. The highest BCUT2D eigenvalue weighted by Gasteiger charge is 2.18. The zero-order chi connectivity index (χ0) is 8.91. The van der Waals surface area contributed by atoms with Crippen molar-refractivity contribution in [3.63, 3.8) is 0 Å². The molecule has 0 aromatic rings. The molecule has 0 heterocycles. The van der Waals surface area contributed by atoms with Crippen molar-refractivity contribution in [3.05, 3.63) is 0 Å². The van der Waals surface area contributed by atoms with Gasteiger partial charge in [-0.05, 0) is 6.92 Å². The lowest BCUT2D eigenvalue weighted by Crippen LogP contribution is -2.56. The van der Waals surface area contributed by atoms with E-state index in [0.29, 0.717) is 0 Å². The van der Waals surface area contributed by atoms with E-state index in [1.807, 2.05) is 0 Å². The fourth-order valence-electron chi connectivity index (χ4n) is 0.686. The molecular formula is C6H14N2O3. The molecule has 11 heavy (non-hydrogen) atoms. The number of carbonyl (C=O) groups is 1. The number of hydrogen-bond donors (Lipinski definition) is 4. The number of nitrogens with one attached hydrogen (secondary N) is 2. The molecule has 0 radical (unpaired) electrons. The predicted molar refractivity (Wildman–Crippen MR) is 39.5 cm³/mol. The van der Waals surface area contributed by atoms with Crippen molar-refractivity contribution in [2.24, 2.45) is 0 Å². The summed E-state index contributed by atoms with van der Waals surface area (Å²) in [6.07, 6.45) is 0. The maximum Gasteiger partial charge on any atom is 0.220 e. The molecule has 0 saturated heterocycles. The highest BCUT2D eigenvalue weighted by molar-refractivity contribution is 5.73. The molecule has 0 aromatic carbocycles. The average Bonchev–Trinajstić information content (AvgIpc) is 1.81. The van der Waals surface area contributed by atoms with Crippen LogP contribution in [0.15, 0.2) is 0 Å². The van der Waals surface area contributed by atoms with E-state index < -0.39 is 5.85 Å². The van der Waals surface area contributed by atoms with Gasteiger partial charge in [-0.1, -0.05) is 0 Å². The third-order valence-electron chi connectivity index (χ3n) is 1.00. The van der Waals surface area contributed by atoms with Gasteiger partial charge in [0.1, 0.15) is 0 Å². The van der Waals surface area contributed by atoms with Crippen LogP contribution in [0.1, 0.15) is 13.8 Å². The Morgan fingerprint density at radius 3 is 2.55 bits per heavy atom. The Morgan fingerprint density at radius 1 is 1.64 bits per heavy atom. The normalized spacial score (nSPS) is 15.6. The van der Waals surface area contributed by atoms with Crippen LogP contribution < -0.4 is 10.6 Å². The highest BCUT2D eigenvalue weighted by atomic mass is 16.3. The molecule has 1 unspecified atom stereocenters. The van der Waals surface area contributed by atoms with Crippen molar-refractivity contribution < 1.29 is 15.0 Å².